The number of halogens is 1. The quantitative estimate of drug-likeness (QED) is 0.819. The minimum atomic E-state index is -0.238. The van der Waals surface area contributed by atoms with Gasteiger partial charge in [0, 0.05) is 11.4 Å². The first-order valence-electron chi connectivity index (χ1n) is 7.26. The molecule has 0 atom stereocenters. The first-order chi connectivity index (χ1) is 10.5. The summed E-state index contributed by atoms with van der Waals surface area (Å²) < 4.78 is 12.8. The molecule has 0 saturated heterocycles. The third kappa shape index (κ3) is 5.19. The van der Waals surface area contributed by atoms with Crippen molar-refractivity contribution in [1.29, 1.82) is 0 Å². The third-order valence-corrected chi connectivity index (χ3v) is 4.51. The lowest BCUT2D eigenvalue weighted by Crippen LogP contribution is -2.27. The molecule has 2 rings (SSSR count). The molecule has 0 spiro atoms. The number of thioether (sulfide) groups is 1. The van der Waals surface area contributed by atoms with Crippen molar-refractivity contribution in [1.82, 2.24) is 5.32 Å². The predicted molar refractivity (Wildman–Crippen MR) is 89.8 cm³/mol. The van der Waals surface area contributed by atoms with E-state index in [4.69, 9.17) is 0 Å². The third-order valence-electron chi connectivity index (χ3n) is 3.35. The molecule has 2 nitrogen and oxygen atoms in total. The van der Waals surface area contributed by atoms with Crippen LogP contribution in [0.2, 0.25) is 0 Å². The van der Waals surface area contributed by atoms with Crippen LogP contribution >= 0.6 is 11.8 Å². The standard InChI is InChI=1S/C18H20FNOS/c1-13-3-4-14(2)17(11-13)22-12-18(21)20-10-9-15-5-7-16(19)8-6-15/h3-8,11H,9-10,12H2,1-2H3,(H,20,21). The zero-order valence-corrected chi connectivity index (χ0v) is 13.7. The van der Waals surface area contributed by atoms with Crippen molar-refractivity contribution in [3.05, 3.63) is 65.0 Å². The first-order valence-corrected chi connectivity index (χ1v) is 8.24. The molecule has 0 aliphatic rings. The van der Waals surface area contributed by atoms with Crippen molar-refractivity contribution in [3.63, 3.8) is 0 Å². The lowest BCUT2D eigenvalue weighted by Gasteiger charge is -2.08. The molecule has 0 saturated carbocycles. The molecule has 0 radical (unpaired) electrons. The monoisotopic (exact) mass is 317 g/mol. The predicted octanol–water partition coefficient (Wildman–Crippen LogP) is 3.89. The van der Waals surface area contributed by atoms with Crippen LogP contribution in [0.3, 0.4) is 0 Å². The van der Waals surface area contributed by atoms with Gasteiger partial charge in [-0.3, -0.25) is 4.79 Å². The average Bonchev–Trinajstić information content (AvgIpc) is 2.50. The average molecular weight is 317 g/mol. The Kier molecular flexibility index (Phi) is 6.01. The van der Waals surface area contributed by atoms with E-state index in [0.717, 1.165) is 10.5 Å². The second-order valence-corrected chi connectivity index (χ2v) is 6.30. The molecule has 2 aromatic carbocycles. The fraction of sp³-hybridized carbons (Fsp3) is 0.278. The minimum Gasteiger partial charge on any atom is -0.355 e. The van der Waals surface area contributed by atoms with Crippen molar-refractivity contribution >= 4 is 17.7 Å². The van der Waals surface area contributed by atoms with E-state index in [1.807, 2.05) is 13.8 Å². The fourth-order valence-corrected chi connectivity index (χ4v) is 3.01. The molecule has 0 bridgehead atoms. The van der Waals surface area contributed by atoms with E-state index < -0.39 is 0 Å². The normalized spacial score (nSPS) is 10.5. The molecule has 4 heteroatoms. The van der Waals surface area contributed by atoms with Gasteiger partial charge in [-0.1, -0.05) is 29.8 Å². The summed E-state index contributed by atoms with van der Waals surface area (Å²) in [4.78, 5) is 13.0. The van der Waals surface area contributed by atoms with Gasteiger partial charge in [0.15, 0.2) is 0 Å². The maximum Gasteiger partial charge on any atom is 0.230 e. The topological polar surface area (TPSA) is 29.1 Å². The van der Waals surface area contributed by atoms with Gasteiger partial charge in [0.1, 0.15) is 5.82 Å². The van der Waals surface area contributed by atoms with E-state index in [2.05, 4.69) is 23.5 Å². The maximum absolute atomic E-state index is 12.8. The highest BCUT2D eigenvalue weighted by molar-refractivity contribution is 8.00. The van der Waals surface area contributed by atoms with E-state index in [-0.39, 0.29) is 11.7 Å². The lowest BCUT2D eigenvalue weighted by molar-refractivity contribution is -0.118. The van der Waals surface area contributed by atoms with Crippen LogP contribution in [0.1, 0.15) is 16.7 Å². The number of aryl methyl sites for hydroxylation is 2. The minimum absolute atomic E-state index is 0.0213. The molecule has 0 aliphatic carbocycles. The summed E-state index contributed by atoms with van der Waals surface area (Å²) in [5.41, 5.74) is 3.41. The summed E-state index contributed by atoms with van der Waals surface area (Å²) in [5.74, 6) is 0.194. The molecule has 1 N–H and O–H groups in total. The summed E-state index contributed by atoms with van der Waals surface area (Å²) in [5, 5.41) is 2.90. The van der Waals surface area contributed by atoms with Gasteiger partial charge in [0.2, 0.25) is 5.91 Å². The van der Waals surface area contributed by atoms with Gasteiger partial charge >= 0.3 is 0 Å². The molecule has 0 heterocycles. The van der Waals surface area contributed by atoms with Gasteiger partial charge in [-0.2, -0.15) is 0 Å². The summed E-state index contributed by atoms with van der Waals surface area (Å²) in [7, 11) is 0. The summed E-state index contributed by atoms with van der Waals surface area (Å²) in [6.45, 7) is 4.66. The Labute approximate surface area is 135 Å². The van der Waals surface area contributed by atoms with Crippen LogP contribution in [0.25, 0.3) is 0 Å². The smallest absolute Gasteiger partial charge is 0.230 e. The summed E-state index contributed by atoms with van der Waals surface area (Å²) in [6.07, 6.45) is 0.708. The van der Waals surface area contributed by atoms with Crippen LogP contribution in [0.15, 0.2) is 47.4 Å². The second-order valence-electron chi connectivity index (χ2n) is 5.28. The van der Waals surface area contributed by atoms with E-state index in [9.17, 15) is 9.18 Å². The molecule has 116 valence electrons. The maximum atomic E-state index is 12.8. The van der Waals surface area contributed by atoms with Gasteiger partial charge < -0.3 is 5.32 Å². The molecule has 1 amide bonds. The number of rotatable bonds is 6. The van der Waals surface area contributed by atoms with Crippen molar-refractivity contribution < 1.29 is 9.18 Å². The molecule has 0 fully saturated rings. The Morgan fingerprint density at radius 1 is 1.14 bits per heavy atom. The number of hydrogen-bond acceptors (Lipinski definition) is 2. The zero-order valence-electron chi connectivity index (χ0n) is 12.9. The molecule has 22 heavy (non-hydrogen) atoms. The number of amides is 1. The van der Waals surface area contributed by atoms with Crippen molar-refractivity contribution in [2.24, 2.45) is 0 Å². The molecule has 0 unspecified atom stereocenters. The molecule has 2 aromatic rings. The lowest BCUT2D eigenvalue weighted by atomic mass is 10.1. The number of benzene rings is 2. The SMILES string of the molecule is Cc1ccc(C)c(SCC(=O)NCCc2ccc(F)cc2)c1. The molecular formula is C18H20FNOS. The number of carbonyl (C=O) groups excluding carboxylic acids is 1. The number of nitrogens with one attached hydrogen (secondary N) is 1. The first kappa shape index (κ1) is 16.6. The Morgan fingerprint density at radius 3 is 2.59 bits per heavy atom. The van der Waals surface area contributed by atoms with E-state index >= 15 is 0 Å². The Balaban J connectivity index is 1.74. The van der Waals surface area contributed by atoms with Gasteiger partial charge in [-0.15, -0.1) is 11.8 Å². The Hall–Kier alpha value is -1.81. The zero-order chi connectivity index (χ0) is 15.9. The highest BCUT2D eigenvalue weighted by atomic mass is 32.2. The largest absolute Gasteiger partial charge is 0.355 e. The molecular weight excluding hydrogens is 297 g/mol. The molecule has 0 aliphatic heterocycles. The van der Waals surface area contributed by atoms with Crippen LogP contribution < -0.4 is 5.32 Å². The number of carbonyl (C=O) groups is 1. The van der Waals surface area contributed by atoms with E-state index in [0.29, 0.717) is 18.7 Å². The van der Waals surface area contributed by atoms with Crippen LogP contribution in [0, 0.1) is 19.7 Å². The van der Waals surface area contributed by atoms with E-state index in [1.165, 1.54) is 23.3 Å². The number of hydrogen-bond donors (Lipinski definition) is 1. The van der Waals surface area contributed by atoms with Gasteiger partial charge in [0.25, 0.3) is 0 Å². The van der Waals surface area contributed by atoms with E-state index in [1.54, 1.807) is 23.9 Å². The Bertz CT molecular complexity index is 640. The van der Waals surface area contributed by atoms with Crippen molar-refractivity contribution in [2.75, 3.05) is 12.3 Å². The van der Waals surface area contributed by atoms with Gasteiger partial charge in [-0.25, -0.2) is 4.39 Å². The van der Waals surface area contributed by atoms with Gasteiger partial charge in [-0.05, 0) is 49.6 Å². The van der Waals surface area contributed by atoms with Crippen molar-refractivity contribution in [2.45, 2.75) is 25.2 Å². The fourth-order valence-electron chi connectivity index (χ4n) is 2.05. The van der Waals surface area contributed by atoms with Crippen molar-refractivity contribution in [3.8, 4) is 0 Å². The summed E-state index contributed by atoms with van der Waals surface area (Å²) >= 11 is 1.56. The highest BCUT2D eigenvalue weighted by Crippen LogP contribution is 2.23. The van der Waals surface area contributed by atoms with Crippen LogP contribution in [0.5, 0.6) is 0 Å². The van der Waals surface area contributed by atoms with Crippen LogP contribution in [-0.2, 0) is 11.2 Å². The summed E-state index contributed by atoms with van der Waals surface area (Å²) in [6, 6.07) is 12.6. The van der Waals surface area contributed by atoms with Crippen LogP contribution in [-0.4, -0.2) is 18.2 Å². The molecule has 0 aromatic heterocycles. The van der Waals surface area contributed by atoms with Crippen LogP contribution in [0.4, 0.5) is 4.39 Å². The van der Waals surface area contributed by atoms with Gasteiger partial charge in [0.05, 0.1) is 5.75 Å². The highest BCUT2D eigenvalue weighted by Gasteiger charge is 2.05. The Morgan fingerprint density at radius 2 is 1.86 bits per heavy atom. The second kappa shape index (κ2) is 7.99.